The lowest BCUT2D eigenvalue weighted by Gasteiger charge is -2.29. The number of anilines is 2. The summed E-state index contributed by atoms with van der Waals surface area (Å²) < 4.78 is 51.0. The van der Waals surface area contributed by atoms with Gasteiger partial charge in [-0.1, -0.05) is 358 Å². The molecule has 0 N–H and O–H groups in total. The number of nitrogens with zero attached hydrogens (tertiary/aromatic N) is 3. The lowest BCUT2D eigenvalue weighted by molar-refractivity contribution is 0.277. The first-order chi connectivity index (χ1) is 63.6. The quantitative estimate of drug-likeness (QED) is 0.0960. The number of benzene rings is 14. The molecule has 0 aliphatic rings. The molecule has 14 rings (SSSR count). The number of rotatable bonds is 14. The SMILES string of the molecule is CN(C)C.CN(C)c1ccc(Cc2ccc(N(C)C)cc2)cc1.COC.COC.COC.COC.COC.COC.COC.COC.COC.COC.COC.COC.c1ccc(C(c2ccccc2)C(c2ccccc2)c2ccccc2)cc1.c1ccc(C(c2ccccc2)c2ccccc2)cc1.c1ccc2c(Cc3cccc4ccccc34)cccc2c1.c1ccccc1. The number of fused-ring (bicyclic) bond motifs is 2. The summed E-state index contributed by atoms with van der Waals surface area (Å²) in [6.07, 6.45) is 1.96. The average Bonchev–Trinajstić information content (AvgIpc) is 0.776. The van der Waals surface area contributed by atoms with Gasteiger partial charge in [-0.3, -0.25) is 0 Å². The van der Waals surface area contributed by atoms with E-state index < -0.39 is 0 Å². The average molecular weight is 1790 g/mol. The highest BCUT2D eigenvalue weighted by atomic mass is 16.5. The molecule has 0 fully saturated rings. The molecule has 0 unspecified atom stereocenters. The number of ether oxygens (including phenoxy) is 12. The maximum absolute atomic E-state index is 4.25. The third-order valence-electron chi connectivity index (χ3n) is 16.5. The zero-order valence-corrected chi connectivity index (χ0v) is 85.3. The molecule has 0 heterocycles. The van der Waals surface area contributed by atoms with Crippen LogP contribution in [0.2, 0.25) is 0 Å². The molecule has 0 radical (unpaired) electrons. The Morgan fingerprint density at radius 1 is 0.176 bits per heavy atom. The predicted octanol–water partition coefficient (Wildman–Crippen LogP) is 25.5. The summed E-state index contributed by atoms with van der Waals surface area (Å²) in [5.74, 6) is 0.841. The van der Waals surface area contributed by atoms with Gasteiger partial charge in [0.15, 0.2) is 0 Å². The fourth-order valence-corrected chi connectivity index (χ4v) is 11.9. The van der Waals surface area contributed by atoms with Gasteiger partial charge in [0.05, 0.1) is 0 Å². The van der Waals surface area contributed by atoms with Gasteiger partial charge in [-0.15, -0.1) is 0 Å². The molecule has 15 heteroatoms. The van der Waals surface area contributed by atoms with Crippen LogP contribution in [0.15, 0.2) is 382 Å². The molecular formula is C116H163N3O12. The van der Waals surface area contributed by atoms with Crippen molar-refractivity contribution in [1.82, 2.24) is 4.90 Å². The van der Waals surface area contributed by atoms with Crippen LogP contribution in [-0.4, -0.2) is 225 Å². The maximum atomic E-state index is 4.25. The molecule has 14 aromatic rings. The molecule has 131 heavy (non-hydrogen) atoms. The summed E-state index contributed by atoms with van der Waals surface area (Å²) >= 11 is 0. The van der Waals surface area contributed by atoms with Crippen molar-refractivity contribution < 1.29 is 56.8 Å². The number of hydrogen-bond donors (Lipinski definition) is 0. The molecule has 0 saturated carbocycles. The maximum Gasteiger partial charge on any atom is 0.0361 e. The minimum atomic E-state index is 0.266. The largest absolute Gasteiger partial charge is 0.388 e. The molecule has 0 atom stereocenters. The van der Waals surface area contributed by atoms with Gasteiger partial charge in [0, 0.05) is 228 Å². The zero-order valence-electron chi connectivity index (χ0n) is 85.3. The first-order valence-corrected chi connectivity index (χ1v) is 42.8. The fraction of sp³-hybridized carbons (Fsp3) is 0.310. The Morgan fingerprint density at radius 3 is 0.527 bits per heavy atom. The van der Waals surface area contributed by atoms with E-state index in [9.17, 15) is 0 Å². The Balaban J connectivity index is -0.000000711. The second-order valence-corrected chi connectivity index (χ2v) is 29.4. The third kappa shape index (κ3) is 62.6. The van der Waals surface area contributed by atoms with Crippen LogP contribution in [0.1, 0.15) is 79.0 Å². The van der Waals surface area contributed by atoms with E-state index in [0.717, 1.165) is 12.8 Å². The van der Waals surface area contributed by atoms with Crippen molar-refractivity contribution in [3.63, 3.8) is 0 Å². The summed E-state index contributed by atoms with van der Waals surface area (Å²) in [5.41, 5.74) is 17.3. The van der Waals surface area contributed by atoms with Crippen LogP contribution in [0.3, 0.4) is 0 Å². The Bertz CT molecular complexity index is 4180. The standard InChI is InChI=1S/C26H22.C21H16.C19H16.C17H22N2.C6H6.C3H9N.12C2H6O/c1-5-13-21(14-6-1)25(22-15-7-2-8-16-22)26(23-17-9-3-10-18-23)24-19-11-4-12-20-24;1-3-13-20-16(7-1)9-5-11-18(20)15-19-12-6-10-17-8-2-4-14-21(17)19;1-4-10-16(11-5-1)19(17-12-6-2-7-13-17)18-14-8-3-9-15-18;1-18(2)16-9-5-14(6-10-16)13-15-7-11-17(12-8-15)19(3)4;1-2-4-6-5-3-1;1-4(2)3;12*1-3-2/h1-20,25-26H;1-14H,15H2;1-15,19H;5-12H,13H2,1-4H3;1-6H;1-3H3;12*1-2H3. The van der Waals surface area contributed by atoms with Crippen molar-refractivity contribution >= 4 is 32.9 Å². The Kier molecular flexibility index (Phi) is 87.1. The predicted molar refractivity (Wildman–Crippen MR) is 566 cm³/mol. The highest BCUT2D eigenvalue weighted by Gasteiger charge is 2.28. The van der Waals surface area contributed by atoms with Gasteiger partial charge in [-0.05, 0) is 141 Å². The van der Waals surface area contributed by atoms with Crippen LogP contribution < -0.4 is 9.80 Å². The van der Waals surface area contributed by atoms with Gasteiger partial charge >= 0.3 is 0 Å². The van der Waals surface area contributed by atoms with Gasteiger partial charge in [-0.2, -0.15) is 0 Å². The van der Waals surface area contributed by atoms with Gasteiger partial charge in [0.1, 0.15) is 0 Å². The minimum Gasteiger partial charge on any atom is -0.388 e. The highest BCUT2D eigenvalue weighted by molar-refractivity contribution is 5.89. The lowest BCUT2D eigenvalue weighted by atomic mass is 9.74. The first kappa shape index (κ1) is 126. The minimum absolute atomic E-state index is 0.266. The molecule has 14 aromatic carbocycles. The molecule has 0 bridgehead atoms. The zero-order chi connectivity index (χ0) is 98.7. The molecular weight excluding hydrogens is 1630 g/mol. The number of methoxy groups -OCH3 is 12. The molecule has 0 saturated heterocycles. The van der Waals surface area contributed by atoms with Crippen LogP contribution in [0, 0.1) is 0 Å². The van der Waals surface area contributed by atoms with Gasteiger partial charge in [0.25, 0.3) is 0 Å². The van der Waals surface area contributed by atoms with Gasteiger partial charge in [-0.25, -0.2) is 0 Å². The summed E-state index contributed by atoms with van der Waals surface area (Å²) in [7, 11) is 53.3. The normalized spacial score (nSPS) is 9.27. The van der Waals surface area contributed by atoms with Crippen molar-refractivity contribution in [2.75, 3.05) is 230 Å². The summed E-state index contributed by atoms with van der Waals surface area (Å²) in [5, 5.41) is 5.34. The van der Waals surface area contributed by atoms with Gasteiger partial charge in [0.2, 0.25) is 0 Å². The van der Waals surface area contributed by atoms with E-state index in [1.54, 1.807) is 171 Å². The summed E-state index contributed by atoms with van der Waals surface area (Å²) in [6.45, 7) is 0. The van der Waals surface area contributed by atoms with E-state index in [0.29, 0.717) is 5.92 Å². The van der Waals surface area contributed by atoms with Crippen molar-refractivity contribution in [3.05, 3.63) is 443 Å². The van der Waals surface area contributed by atoms with Crippen molar-refractivity contribution in [1.29, 1.82) is 0 Å². The van der Waals surface area contributed by atoms with Crippen LogP contribution in [0.5, 0.6) is 0 Å². The van der Waals surface area contributed by atoms with E-state index in [2.05, 4.69) is 441 Å². The molecule has 15 nitrogen and oxygen atoms in total. The topological polar surface area (TPSA) is 120 Å². The Labute approximate surface area is 793 Å². The number of hydrogen-bond acceptors (Lipinski definition) is 15. The van der Waals surface area contributed by atoms with Crippen molar-refractivity contribution in [2.45, 2.75) is 30.6 Å². The summed E-state index contributed by atoms with van der Waals surface area (Å²) in [6, 6.07) is 135. The Morgan fingerprint density at radius 2 is 0.336 bits per heavy atom. The first-order valence-electron chi connectivity index (χ1n) is 42.8. The van der Waals surface area contributed by atoms with E-state index in [4.69, 9.17) is 0 Å². The van der Waals surface area contributed by atoms with E-state index in [1.807, 2.05) is 62.4 Å². The molecule has 714 valence electrons. The molecule has 0 spiro atoms. The van der Waals surface area contributed by atoms with Crippen LogP contribution in [-0.2, 0) is 69.7 Å². The van der Waals surface area contributed by atoms with Crippen LogP contribution >= 0.6 is 0 Å². The lowest BCUT2D eigenvalue weighted by Crippen LogP contribution is -2.14. The molecule has 0 aliphatic heterocycles. The highest BCUT2D eigenvalue weighted by Crippen LogP contribution is 2.43. The van der Waals surface area contributed by atoms with Gasteiger partial charge < -0.3 is 71.5 Å². The summed E-state index contributed by atoms with van der Waals surface area (Å²) in [4.78, 5) is 6.24. The van der Waals surface area contributed by atoms with Crippen LogP contribution in [0.4, 0.5) is 11.4 Å². The molecule has 0 amide bonds. The monoisotopic (exact) mass is 1790 g/mol. The van der Waals surface area contributed by atoms with Crippen molar-refractivity contribution in [2.24, 2.45) is 0 Å². The molecule has 0 aromatic heterocycles. The van der Waals surface area contributed by atoms with E-state index >= 15 is 0 Å². The van der Waals surface area contributed by atoms with E-state index in [1.165, 1.54) is 94.1 Å². The Hall–Kier alpha value is -11.3. The second kappa shape index (κ2) is 90.6. The smallest absolute Gasteiger partial charge is 0.0361 e. The molecule has 0 aliphatic carbocycles. The second-order valence-electron chi connectivity index (χ2n) is 29.4. The van der Waals surface area contributed by atoms with Crippen molar-refractivity contribution in [3.8, 4) is 0 Å². The van der Waals surface area contributed by atoms with Crippen LogP contribution in [0.25, 0.3) is 21.5 Å². The van der Waals surface area contributed by atoms with E-state index in [-0.39, 0.29) is 11.8 Å². The third-order valence-corrected chi connectivity index (χ3v) is 16.5. The fourth-order valence-electron chi connectivity index (χ4n) is 11.9.